The Morgan fingerprint density at radius 1 is 1.41 bits per heavy atom. The van der Waals surface area contributed by atoms with Crippen LogP contribution in [0.25, 0.3) is 0 Å². The highest BCUT2D eigenvalue weighted by Crippen LogP contribution is 2.25. The fourth-order valence-corrected chi connectivity index (χ4v) is 1.57. The zero-order chi connectivity index (χ0) is 13.1. The molecule has 1 aromatic heterocycles. The lowest BCUT2D eigenvalue weighted by Gasteiger charge is -2.13. The largest absolute Gasteiger partial charge is 0.280 e. The fourth-order valence-electron chi connectivity index (χ4n) is 1.05. The molecule has 0 bridgehead atoms. The van der Waals surface area contributed by atoms with Gasteiger partial charge < -0.3 is 0 Å². The maximum absolute atomic E-state index is 12.5. The third-order valence-electron chi connectivity index (χ3n) is 1.88. The molecule has 0 fully saturated rings. The van der Waals surface area contributed by atoms with Gasteiger partial charge in [-0.2, -0.15) is 0 Å². The van der Waals surface area contributed by atoms with Crippen LogP contribution in [0.3, 0.4) is 0 Å². The van der Waals surface area contributed by atoms with Crippen LogP contribution < -0.4 is 0 Å². The molecule has 1 heterocycles. The van der Waals surface area contributed by atoms with Crippen LogP contribution in [0.4, 0.5) is 8.78 Å². The first-order valence-corrected chi connectivity index (χ1v) is 6.04. The van der Waals surface area contributed by atoms with Crippen molar-refractivity contribution < 1.29 is 8.78 Å². The predicted octanol–water partition coefficient (Wildman–Crippen LogP) is 4.27. The molecule has 0 aliphatic rings. The lowest BCUT2D eigenvalue weighted by molar-refractivity contribution is 0.146. The Balaban J connectivity index is 2.89. The Hall–Kier alpha value is -0.970. The molecule has 0 aliphatic heterocycles. The smallest absolute Gasteiger partial charge is 0.255 e. The molecular formula is C12H16F2N2S. The van der Waals surface area contributed by atoms with E-state index in [4.69, 9.17) is 0 Å². The molecule has 94 valence electrons. The summed E-state index contributed by atoms with van der Waals surface area (Å²) < 4.78 is 29.3. The number of hydrogen-bond acceptors (Lipinski definition) is 3. The second kappa shape index (κ2) is 5.58. The summed E-state index contributed by atoms with van der Waals surface area (Å²) in [4.78, 5) is 3.62. The van der Waals surface area contributed by atoms with Crippen molar-refractivity contribution in [2.75, 3.05) is 0 Å². The molecule has 0 aromatic carbocycles. The lowest BCUT2D eigenvalue weighted by atomic mass is 10.1. The van der Waals surface area contributed by atoms with Crippen molar-refractivity contribution in [3.8, 4) is 0 Å². The van der Waals surface area contributed by atoms with Crippen LogP contribution in [0, 0.1) is 0 Å². The highest BCUT2D eigenvalue weighted by atomic mass is 32.2. The zero-order valence-corrected chi connectivity index (χ0v) is 11.2. The van der Waals surface area contributed by atoms with Gasteiger partial charge in [0.15, 0.2) is 0 Å². The molecule has 0 atom stereocenters. The molecule has 1 rings (SSSR count). The van der Waals surface area contributed by atoms with Gasteiger partial charge in [-0.3, -0.25) is 4.98 Å². The summed E-state index contributed by atoms with van der Waals surface area (Å²) in [5.74, 6) is 0. The maximum Gasteiger partial charge on any atom is 0.280 e. The molecule has 0 unspecified atom stereocenters. The van der Waals surface area contributed by atoms with E-state index in [1.165, 1.54) is 24.2 Å². The van der Waals surface area contributed by atoms with Gasteiger partial charge in [-0.15, -0.1) is 0 Å². The van der Waals surface area contributed by atoms with Gasteiger partial charge in [0.05, 0.1) is 5.71 Å². The van der Waals surface area contributed by atoms with Crippen LogP contribution in [0.15, 0.2) is 22.7 Å². The van der Waals surface area contributed by atoms with E-state index < -0.39 is 6.43 Å². The minimum atomic E-state index is -2.54. The minimum Gasteiger partial charge on any atom is -0.255 e. The van der Waals surface area contributed by atoms with Crippen molar-refractivity contribution >= 4 is 17.7 Å². The molecule has 0 amide bonds. The SMILES string of the molecule is C/C(=N/SC(C)(C)C)c1ccnc(C(F)F)c1. The zero-order valence-electron chi connectivity index (χ0n) is 10.4. The van der Waals surface area contributed by atoms with Gasteiger partial charge in [0.1, 0.15) is 5.69 Å². The number of alkyl halides is 2. The molecule has 0 N–H and O–H groups in total. The summed E-state index contributed by atoms with van der Waals surface area (Å²) >= 11 is 1.43. The Morgan fingerprint density at radius 3 is 2.59 bits per heavy atom. The second-order valence-corrected chi connectivity index (χ2v) is 6.24. The van der Waals surface area contributed by atoms with Crippen molar-refractivity contribution in [1.29, 1.82) is 0 Å². The van der Waals surface area contributed by atoms with Crippen molar-refractivity contribution in [1.82, 2.24) is 4.98 Å². The van der Waals surface area contributed by atoms with Crippen LogP contribution in [0.2, 0.25) is 0 Å². The highest BCUT2D eigenvalue weighted by molar-refractivity contribution is 7.99. The lowest BCUT2D eigenvalue weighted by Crippen LogP contribution is -2.06. The van der Waals surface area contributed by atoms with Crippen molar-refractivity contribution in [3.63, 3.8) is 0 Å². The van der Waals surface area contributed by atoms with E-state index in [2.05, 4.69) is 9.38 Å². The molecule has 5 heteroatoms. The number of hydrogen-bond donors (Lipinski definition) is 0. The summed E-state index contributed by atoms with van der Waals surface area (Å²) in [6, 6.07) is 3.07. The third kappa shape index (κ3) is 4.81. The molecule has 0 saturated carbocycles. The summed E-state index contributed by atoms with van der Waals surface area (Å²) in [6.07, 6.45) is -1.16. The Kier molecular flexibility index (Phi) is 4.62. The van der Waals surface area contributed by atoms with Crippen molar-refractivity contribution in [2.45, 2.75) is 38.9 Å². The van der Waals surface area contributed by atoms with E-state index in [-0.39, 0.29) is 10.4 Å². The van der Waals surface area contributed by atoms with E-state index in [1.807, 2.05) is 27.7 Å². The van der Waals surface area contributed by atoms with E-state index in [9.17, 15) is 8.78 Å². The summed E-state index contributed by atoms with van der Waals surface area (Å²) in [7, 11) is 0. The van der Waals surface area contributed by atoms with Gasteiger partial charge in [0, 0.05) is 10.9 Å². The van der Waals surface area contributed by atoms with Crippen LogP contribution in [0.1, 0.15) is 45.4 Å². The van der Waals surface area contributed by atoms with Gasteiger partial charge in [-0.05, 0) is 57.3 Å². The van der Waals surface area contributed by atoms with Crippen molar-refractivity contribution in [3.05, 3.63) is 29.6 Å². The number of halogens is 2. The highest BCUT2D eigenvalue weighted by Gasteiger charge is 2.12. The van der Waals surface area contributed by atoms with Crippen LogP contribution in [-0.4, -0.2) is 15.4 Å². The number of aromatic nitrogens is 1. The van der Waals surface area contributed by atoms with E-state index in [0.29, 0.717) is 5.56 Å². The first-order valence-electron chi connectivity index (χ1n) is 5.27. The van der Waals surface area contributed by atoms with Gasteiger partial charge in [0.2, 0.25) is 0 Å². The molecule has 1 aromatic rings. The average Bonchev–Trinajstić information content (AvgIpc) is 2.25. The summed E-state index contributed by atoms with van der Waals surface area (Å²) in [6.45, 7) is 7.95. The van der Waals surface area contributed by atoms with E-state index in [1.54, 1.807) is 6.07 Å². The van der Waals surface area contributed by atoms with E-state index >= 15 is 0 Å². The van der Waals surface area contributed by atoms with E-state index in [0.717, 1.165) is 5.71 Å². The van der Waals surface area contributed by atoms with Crippen LogP contribution in [0.5, 0.6) is 0 Å². The molecule has 0 spiro atoms. The minimum absolute atomic E-state index is 0.0137. The second-order valence-electron chi connectivity index (χ2n) is 4.65. The average molecular weight is 258 g/mol. The van der Waals surface area contributed by atoms with Gasteiger partial charge in [-0.25, -0.2) is 13.2 Å². The van der Waals surface area contributed by atoms with Gasteiger partial charge >= 0.3 is 0 Å². The standard InChI is InChI=1S/C12H16F2N2S/c1-8(16-17-12(2,3)4)9-5-6-15-10(7-9)11(13)14/h5-7,11H,1-4H3/b16-8-. The monoisotopic (exact) mass is 258 g/mol. The molecular weight excluding hydrogens is 242 g/mol. The first-order chi connectivity index (χ1) is 7.79. The fraction of sp³-hybridized carbons (Fsp3) is 0.500. The quantitative estimate of drug-likeness (QED) is 0.597. The van der Waals surface area contributed by atoms with Gasteiger partial charge in [-0.1, -0.05) is 0 Å². The van der Waals surface area contributed by atoms with Crippen LogP contribution in [-0.2, 0) is 0 Å². The maximum atomic E-state index is 12.5. The summed E-state index contributed by atoms with van der Waals surface area (Å²) in [5.41, 5.74) is 1.21. The number of nitrogens with zero attached hydrogens (tertiary/aromatic N) is 2. The molecule has 17 heavy (non-hydrogen) atoms. The number of pyridine rings is 1. The van der Waals surface area contributed by atoms with Crippen molar-refractivity contribution in [2.24, 2.45) is 4.40 Å². The third-order valence-corrected chi connectivity index (χ3v) is 2.79. The summed E-state index contributed by atoms with van der Waals surface area (Å²) in [5, 5.41) is 0. The number of rotatable bonds is 3. The normalized spacial score (nSPS) is 13.2. The molecule has 0 saturated heterocycles. The Labute approximate surface area is 105 Å². The Bertz CT molecular complexity index is 411. The van der Waals surface area contributed by atoms with Gasteiger partial charge in [0.25, 0.3) is 6.43 Å². The molecule has 0 aliphatic carbocycles. The topological polar surface area (TPSA) is 25.2 Å². The van der Waals surface area contributed by atoms with Crippen LogP contribution >= 0.6 is 11.9 Å². The first kappa shape index (κ1) is 14.1. The molecule has 0 radical (unpaired) electrons. The Morgan fingerprint density at radius 2 is 2.06 bits per heavy atom. The predicted molar refractivity (Wildman–Crippen MR) is 68.7 cm³/mol. The molecule has 2 nitrogen and oxygen atoms in total.